The number of nitrogens with zero attached hydrogens (tertiary/aromatic N) is 1. The highest BCUT2D eigenvalue weighted by molar-refractivity contribution is 6.30. The minimum atomic E-state index is 0.121. The summed E-state index contributed by atoms with van der Waals surface area (Å²) in [5, 5.41) is 4.16. The summed E-state index contributed by atoms with van der Waals surface area (Å²) in [6, 6.07) is 6.10. The van der Waals surface area contributed by atoms with Gasteiger partial charge in [0.2, 0.25) is 0 Å². The Balaban J connectivity index is 2.39. The van der Waals surface area contributed by atoms with Crippen molar-refractivity contribution >= 4 is 17.3 Å². The molecule has 19 heavy (non-hydrogen) atoms. The van der Waals surface area contributed by atoms with Gasteiger partial charge in [0.1, 0.15) is 0 Å². The van der Waals surface area contributed by atoms with Crippen LogP contribution in [0.1, 0.15) is 32.4 Å². The van der Waals surface area contributed by atoms with Gasteiger partial charge in [0.25, 0.3) is 0 Å². The lowest BCUT2D eigenvalue weighted by molar-refractivity contribution is 0.0867. The van der Waals surface area contributed by atoms with Crippen LogP contribution in [0.25, 0.3) is 0 Å². The fraction of sp³-hybridized carbons (Fsp3) is 0.600. The summed E-state index contributed by atoms with van der Waals surface area (Å²) in [6.07, 6.45) is 0. The zero-order chi connectivity index (χ0) is 14.0. The standard InChI is InChI=1S/C15H24ClN3/c1-15(2,3)14(19-8-6-18-7-9-19)12-10-11(16)4-5-13(12)17/h4-5,10,14,18H,6-9,17H2,1-3H3/t14-/m0/s1. The lowest BCUT2D eigenvalue weighted by Crippen LogP contribution is -2.48. The molecule has 4 heteroatoms. The van der Waals surface area contributed by atoms with Crippen LogP contribution in [0.3, 0.4) is 0 Å². The summed E-state index contributed by atoms with van der Waals surface area (Å²) in [5.74, 6) is 0. The van der Waals surface area contributed by atoms with Crippen molar-refractivity contribution < 1.29 is 0 Å². The summed E-state index contributed by atoms with van der Waals surface area (Å²) >= 11 is 6.16. The van der Waals surface area contributed by atoms with Gasteiger partial charge in [-0.2, -0.15) is 0 Å². The maximum Gasteiger partial charge on any atom is 0.0418 e. The Bertz CT molecular complexity index is 434. The second-order valence-corrected chi connectivity index (χ2v) is 6.76. The van der Waals surface area contributed by atoms with E-state index in [1.165, 1.54) is 0 Å². The monoisotopic (exact) mass is 281 g/mol. The maximum absolute atomic E-state index is 6.19. The number of hydrogen-bond donors (Lipinski definition) is 2. The van der Waals surface area contributed by atoms with Crippen LogP contribution < -0.4 is 11.1 Å². The van der Waals surface area contributed by atoms with E-state index in [0.717, 1.165) is 42.5 Å². The summed E-state index contributed by atoms with van der Waals surface area (Å²) < 4.78 is 0. The fourth-order valence-corrected chi connectivity index (χ4v) is 3.11. The highest BCUT2D eigenvalue weighted by atomic mass is 35.5. The molecular weight excluding hydrogens is 258 g/mol. The van der Waals surface area contributed by atoms with Crippen molar-refractivity contribution in [3.63, 3.8) is 0 Å². The average Bonchev–Trinajstić information content (AvgIpc) is 2.33. The van der Waals surface area contributed by atoms with Gasteiger partial charge in [0.05, 0.1) is 0 Å². The second kappa shape index (κ2) is 5.70. The third-order valence-electron chi connectivity index (χ3n) is 3.68. The van der Waals surface area contributed by atoms with Crippen LogP contribution in [0.4, 0.5) is 5.69 Å². The predicted octanol–water partition coefficient (Wildman–Crippen LogP) is 2.91. The molecule has 2 rings (SSSR count). The summed E-state index contributed by atoms with van der Waals surface area (Å²) in [7, 11) is 0. The number of benzene rings is 1. The van der Waals surface area contributed by atoms with Gasteiger partial charge in [-0.15, -0.1) is 0 Å². The number of nitrogen functional groups attached to an aromatic ring is 1. The number of hydrogen-bond acceptors (Lipinski definition) is 3. The Morgan fingerprint density at radius 1 is 1.26 bits per heavy atom. The van der Waals surface area contributed by atoms with Crippen LogP contribution in [-0.4, -0.2) is 31.1 Å². The number of halogens is 1. The molecule has 0 spiro atoms. The molecule has 0 aliphatic carbocycles. The molecule has 1 saturated heterocycles. The first-order valence-corrected chi connectivity index (χ1v) is 7.27. The summed E-state index contributed by atoms with van der Waals surface area (Å²) in [5.41, 5.74) is 8.30. The molecule has 0 saturated carbocycles. The van der Waals surface area contributed by atoms with E-state index in [4.69, 9.17) is 17.3 Å². The van der Waals surface area contributed by atoms with E-state index >= 15 is 0 Å². The number of anilines is 1. The summed E-state index contributed by atoms with van der Waals surface area (Å²) in [6.45, 7) is 11.0. The average molecular weight is 282 g/mol. The summed E-state index contributed by atoms with van der Waals surface area (Å²) in [4.78, 5) is 2.51. The van der Waals surface area contributed by atoms with E-state index in [-0.39, 0.29) is 5.41 Å². The van der Waals surface area contributed by atoms with Gasteiger partial charge in [-0.25, -0.2) is 0 Å². The molecule has 0 unspecified atom stereocenters. The largest absolute Gasteiger partial charge is 0.398 e. The van der Waals surface area contributed by atoms with Gasteiger partial charge in [-0.3, -0.25) is 4.90 Å². The third-order valence-corrected chi connectivity index (χ3v) is 3.92. The molecule has 1 heterocycles. The molecule has 1 aromatic carbocycles. The molecule has 1 fully saturated rings. The first-order chi connectivity index (χ1) is 8.89. The van der Waals surface area contributed by atoms with Gasteiger partial charge in [0, 0.05) is 42.9 Å². The van der Waals surface area contributed by atoms with E-state index in [1.807, 2.05) is 18.2 Å². The van der Waals surface area contributed by atoms with E-state index in [2.05, 4.69) is 31.0 Å². The minimum absolute atomic E-state index is 0.121. The number of nitrogens with one attached hydrogen (secondary N) is 1. The van der Waals surface area contributed by atoms with Crippen LogP contribution in [0, 0.1) is 5.41 Å². The molecule has 3 N–H and O–H groups in total. The molecule has 1 aliphatic rings. The minimum Gasteiger partial charge on any atom is -0.398 e. The Morgan fingerprint density at radius 2 is 1.89 bits per heavy atom. The first-order valence-electron chi connectivity index (χ1n) is 6.89. The zero-order valence-electron chi connectivity index (χ0n) is 12.0. The molecule has 0 aromatic heterocycles. The lowest BCUT2D eigenvalue weighted by atomic mass is 9.80. The number of nitrogens with two attached hydrogens (primary N) is 1. The highest BCUT2D eigenvalue weighted by Gasteiger charge is 2.33. The third kappa shape index (κ3) is 3.41. The first kappa shape index (κ1) is 14.6. The molecule has 0 amide bonds. The smallest absolute Gasteiger partial charge is 0.0418 e. The quantitative estimate of drug-likeness (QED) is 0.819. The van der Waals surface area contributed by atoms with E-state index < -0.39 is 0 Å². The molecule has 1 aliphatic heterocycles. The van der Waals surface area contributed by atoms with Crippen molar-refractivity contribution in [3.8, 4) is 0 Å². The fourth-order valence-electron chi connectivity index (χ4n) is 2.93. The van der Waals surface area contributed by atoms with Crippen LogP contribution in [0.5, 0.6) is 0 Å². The van der Waals surface area contributed by atoms with Gasteiger partial charge in [0.15, 0.2) is 0 Å². The van der Waals surface area contributed by atoms with Crippen molar-refractivity contribution in [1.29, 1.82) is 0 Å². The topological polar surface area (TPSA) is 41.3 Å². The lowest BCUT2D eigenvalue weighted by Gasteiger charge is -2.43. The van der Waals surface area contributed by atoms with Gasteiger partial charge in [-0.1, -0.05) is 32.4 Å². The van der Waals surface area contributed by atoms with Crippen molar-refractivity contribution in [2.45, 2.75) is 26.8 Å². The van der Waals surface area contributed by atoms with E-state index in [0.29, 0.717) is 6.04 Å². The molecule has 0 radical (unpaired) electrons. The number of rotatable bonds is 2. The Kier molecular flexibility index (Phi) is 4.39. The van der Waals surface area contributed by atoms with Crippen LogP contribution in [0.2, 0.25) is 5.02 Å². The Labute approximate surface area is 121 Å². The van der Waals surface area contributed by atoms with Crippen LogP contribution in [-0.2, 0) is 0 Å². The van der Waals surface area contributed by atoms with Gasteiger partial charge < -0.3 is 11.1 Å². The maximum atomic E-state index is 6.19. The van der Waals surface area contributed by atoms with Crippen molar-refractivity contribution in [2.24, 2.45) is 5.41 Å². The van der Waals surface area contributed by atoms with Crippen molar-refractivity contribution in [3.05, 3.63) is 28.8 Å². The molecular formula is C15H24ClN3. The van der Waals surface area contributed by atoms with Gasteiger partial charge >= 0.3 is 0 Å². The predicted molar refractivity (Wildman–Crippen MR) is 82.5 cm³/mol. The Hall–Kier alpha value is -0.770. The number of piperazine rings is 1. The van der Waals surface area contributed by atoms with E-state index in [9.17, 15) is 0 Å². The zero-order valence-corrected chi connectivity index (χ0v) is 12.8. The SMILES string of the molecule is CC(C)(C)[C@H](c1cc(Cl)ccc1N)N1CCNCC1. The normalized spacial score (nSPS) is 19.4. The second-order valence-electron chi connectivity index (χ2n) is 6.33. The molecule has 3 nitrogen and oxygen atoms in total. The molecule has 0 bridgehead atoms. The molecule has 1 atom stereocenters. The van der Waals surface area contributed by atoms with E-state index in [1.54, 1.807) is 0 Å². The molecule has 106 valence electrons. The van der Waals surface area contributed by atoms with Crippen molar-refractivity contribution in [1.82, 2.24) is 10.2 Å². The van der Waals surface area contributed by atoms with Crippen molar-refractivity contribution in [2.75, 3.05) is 31.9 Å². The van der Waals surface area contributed by atoms with Crippen LogP contribution >= 0.6 is 11.6 Å². The van der Waals surface area contributed by atoms with Gasteiger partial charge in [-0.05, 0) is 29.2 Å². The van der Waals surface area contributed by atoms with Crippen LogP contribution in [0.15, 0.2) is 18.2 Å². The molecule has 1 aromatic rings. The Morgan fingerprint density at radius 3 is 2.47 bits per heavy atom. The highest BCUT2D eigenvalue weighted by Crippen LogP contribution is 2.41.